The van der Waals surface area contributed by atoms with Crippen LogP contribution in [0.25, 0.3) is 10.4 Å². The lowest BCUT2D eigenvalue weighted by atomic mass is 10.3. The lowest BCUT2D eigenvalue weighted by Crippen LogP contribution is -2.25. The molecule has 0 fully saturated rings. The first kappa shape index (κ1) is 15.4. The Kier molecular flexibility index (Phi) is 5.68. The third-order valence-electron chi connectivity index (χ3n) is 2.24. The number of azide groups is 1. The van der Waals surface area contributed by atoms with Crippen molar-refractivity contribution in [3.8, 4) is 0 Å². The number of hydrogen-bond acceptors (Lipinski definition) is 3. The SMILES string of the molecule is [N-]=[N+]=NCCCCNS(=O)(=O)c1ccc(F)c(F)c1. The van der Waals surface area contributed by atoms with Crippen molar-refractivity contribution < 1.29 is 17.2 Å². The highest BCUT2D eigenvalue weighted by molar-refractivity contribution is 7.89. The molecule has 1 aromatic rings. The Morgan fingerprint density at radius 3 is 2.63 bits per heavy atom. The van der Waals surface area contributed by atoms with E-state index >= 15 is 0 Å². The van der Waals surface area contributed by atoms with Crippen molar-refractivity contribution in [3.05, 3.63) is 40.3 Å². The maximum Gasteiger partial charge on any atom is 0.240 e. The van der Waals surface area contributed by atoms with Crippen LogP contribution < -0.4 is 4.72 Å². The molecule has 0 spiro atoms. The highest BCUT2D eigenvalue weighted by Crippen LogP contribution is 2.13. The molecule has 104 valence electrons. The van der Waals surface area contributed by atoms with Crippen LogP contribution in [-0.2, 0) is 10.0 Å². The van der Waals surface area contributed by atoms with Crippen LogP contribution in [0.15, 0.2) is 28.2 Å². The first-order valence-electron chi connectivity index (χ1n) is 5.43. The Morgan fingerprint density at radius 1 is 1.26 bits per heavy atom. The van der Waals surface area contributed by atoms with Crippen molar-refractivity contribution >= 4 is 10.0 Å². The summed E-state index contributed by atoms with van der Waals surface area (Å²) in [5.41, 5.74) is 8.03. The lowest BCUT2D eigenvalue weighted by molar-refractivity contribution is 0.504. The predicted octanol–water partition coefficient (Wildman–Crippen LogP) is 2.33. The summed E-state index contributed by atoms with van der Waals surface area (Å²) in [6.45, 7) is 0.408. The molecule has 0 saturated carbocycles. The van der Waals surface area contributed by atoms with Gasteiger partial charge in [-0.25, -0.2) is 21.9 Å². The van der Waals surface area contributed by atoms with Gasteiger partial charge in [0.1, 0.15) is 0 Å². The number of nitrogens with one attached hydrogen (secondary N) is 1. The fraction of sp³-hybridized carbons (Fsp3) is 0.400. The standard InChI is InChI=1S/C10H12F2N4O2S/c11-9-4-3-8(7-10(9)12)19(17,18)15-6-2-1-5-14-16-13/h3-4,7,15H,1-2,5-6H2. The van der Waals surface area contributed by atoms with E-state index < -0.39 is 21.7 Å². The van der Waals surface area contributed by atoms with Crippen LogP contribution in [-0.4, -0.2) is 21.5 Å². The molecule has 0 radical (unpaired) electrons. The minimum Gasteiger partial charge on any atom is -0.211 e. The second-order valence-electron chi connectivity index (χ2n) is 3.64. The van der Waals surface area contributed by atoms with Gasteiger partial charge < -0.3 is 0 Å². The third kappa shape index (κ3) is 4.82. The molecule has 0 aliphatic heterocycles. The molecule has 1 rings (SSSR count). The quantitative estimate of drug-likeness (QED) is 0.361. The largest absolute Gasteiger partial charge is 0.240 e. The summed E-state index contributed by atoms with van der Waals surface area (Å²) in [4.78, 5) is 2.22. The van der Waals surface area contributed by atoms with Crippen molar-refractivity contribution in [2.24, 2.45) is 5.11 Å². The van der Waals surface area contributed by atoms with Gasteiger partial charge in [-0.05, 0) is 36.6 Å². The van der Waals surface area contributed by atoms with Crippen LogP contribution in [0.1, 0.15) is 12.8 Å². The summed E-state index contributed by atoms with van der Waals surface area (Å²) in [7, 11) is -3.85. The second kappa shape index (κ2) is 7.03. The Hall–Kier alpha value is -1.70. The topological polar surface area (TPSA) is 94.9 Å². The number of nitrogens with zero attached hydrogens (tertiary/aromatic N) is 3. The van der Waals surface area contributed by atoms with Crippen molar-refractivity contribution in [2.45, 2.75) is 17.7 Å². The van der Waals surface area contributed by atoms with E-state index in [1.165, 1.54) is 0 Å². The second-order valence-corrected chi connectivity index (χ2v) is 5.40. The normalized spacial score (nSPS) is 11.1. The van der Waals surface area contributed by atoms with Crippen LogP contribution in [0, 0.1) is 11.6 Å². The third-order valence-corrected chi connectivity index (χ3v) is 3.70. The smallest absolute Gasteiger partial charge is 0.211 e. The Balaban J connectivity index is 2.56. The molecular formula is C10H12F2N4O2S. The van der Waals surface area contributed by atoms with Gasteiger partial charge in [0.15, 0.2) is 11.6 Å². The van der Waals surface area contributed by atoms with E-state index in [1.54, 1.807) is 0 Å². The van der Waals surface area contributed by atoms with E-state index in [4.69, 9.17) is 5.53 Å². The Bertz CT molecular complexity index is 585. The van der Waals surface area contributed by atoms with Crippen LogP contribution in [0.2, 0.25) is 0 Å². The number of sulfonamides is 1. The minimum absolute atomic E-state index is 0.127. The van der Waals surface area contributed by atoms with Crippen LogP contribution >= 0.6 is 0 Å². The predicted molar refractivity (Wildman–Crippen MR) is 64.8 cm³/mol. The van der Waals surface area contributed by atoms with Gasteiger partial charge in [0.25, 0.3) is 0 Å². The van der Waals surface area contributed by atoms with E-state index in [1.807, 2.05) is 0 Å². The monoisotopic (exact) mass is 290 g/mol. The molecule has 0 aliphatic carbocycles. The average molecular weight is 290 g/mol. The lowest BCUT2D eigenvalue weighted by Gasteiger charge is -2.06. The fourth-order valence-corrected chi connectivity index (χ4v) is 2.37. The molecule has 0 saturated heterocycles. The number of benzene rings is 1. The zero-order valence-electron chi connectivity index (χ0n) is 9.88. The highest BCUT2D eigenvalue weighted by Gasteiger charge is 2.15. The fourth-order valence-electron chi connectivity index (χ4n) is 1.29. The molecule has 0 bridgehead atoms. The van der Waals surface area contributed by atoms with Crippen LogP contribution in [0.4, 0.5) is 8.78 Å². The molecule has 9 heteroatoms. The van der Waals surface area contributed by atoms with E-state index in [9.17, 15) is 17.2 Å². The molecule has 0 heterocycles. The van der Waals surface area contributed by atoms with Crippen molar-refractivity contribution in [1.29, 1.82) is 0 Å². The zero-order chi connectivity index (χ0) is 14.3. The number of halogens is 2. The molecule has 0 aromatic heterocycles. The first-order chi connectivity index (χ1) is 8.97. The van der Waals surface area contributed by atoms with Gasteiger partial charge in [-0.15, -0.1) is 0 Å². The Labute approximate surface area is 109 Å². The molecule has 0 aliphatic rings. The maximum absolute atomic E-state index is 12.9. The number of hydrogen-bond donors (Lipinski definition) is 1. The van der Waals surface area contributed by atoms with Crippen molar-refractivity contribution in [1.82, 2.24) is 4.72 Å². The highest BCUT2D eigenvalue weighted by atomic mass is 32.2. The van der Waals surface area contributed by atoms with E-state index in [0.29, 0.717) is 18.9 Å². The summed E-state index contributed by atoms with van der Waals surface area (Å²) in [5, 5.41) is 3.30. The van der Waals surface area contributed by atoms with Gasteiger partial charge >= 0.3 is 0 Å². The molecule has 0 atom stereocenters. The van der Waals surface area contributed by atoms with E-state index in [-0.39, 0.29) is 18.0 Å². The van der Waals surface area contributed by atoms with E-state index in [2.05, 4.69) is 14.7 Å². The Morgan fingerprint density at radius 2 is 2.00 bits per heavy atom. The zero-order valence-corrected chi connectivity index (χ0v) is 10.7. The summed E-state index contributed by atoms with van der Waals surface area (Å²) in [6.07, 6.45) is 1.01. The maximum atomic E-state index is 12.9. The molecule has 0 amide bonds. The number of unbranched alkanes of at least 4 members (excludes halogenated alkanes) is 1. The van der Waals surface area contributed by atoms with Gasteiger partial charge in [-0.1, -0.05) is 5.11 Å². The molecule has 1 N–H and O–H groups in total. The number of rotatable bonds is 7. The average Bonchev–Trinajstić information content (AvgIpc) is 2.36. The minimum atomic E-state index is -3.85. The molecule has 1 aromatic carbocycles. The van der Waals surface area contributed by atoms with Crippen LogP contribution in [0.5, 0.6) is 0 Å². The molecule has 19 heavy (non-hydrogen) atoms. The summed E-state index contributed by atoms with van der Waals surface area (Å²) in [6, 6.07) is 2.36. The van der Waals surface area contributed by atoms with Crippen molar-refractivity contribution in [2.75, 3.05) is 13.1 Å². The van der Waals surface area contributed by atoms with Gasteiger partial charge in [0, 0.05) is 18.0 Å². The summed E-state index contributed by atoms with van der Waals surface area (Å²) < 4.78 is 51.3. The molecular weight excluding hydrogens is 278 g/mol. The van der Waals surface area contributed by atoms with Gasteiger partial charge in [-0.2, -0.15) is 0 Å². The van der Waals surface area contributed by atoms with E-state index in [0.717, 1.165) is 12.1 Å². The summed E-state index contributed by atoms with van der Waals surface area (Å²) in [5.74, 6) is -2.32. The van der Waals surface area contributed by atoms with Gasteiger partial charge in [-0.3, -0.25) is 0 Å². The first-order valence-corrected chi connectivity index (χ1v) is 6.91. The van der Waals surface area contributed by atoms with Crippen LogP contribution in [0.3, 0.4) is 0 Å². The summed E-state index contributed by atoms with van der Waals surface area (Å²) >= 11 is 0. The molecule has 0 unspecified atom stereocenters. The van der Waals surface area contributed by atoms with Gasteiger partial charge in [0.05, 0.1) is 4.90 Å². The van der Waals surface area contributed by atoms with Gasteiger partial charge in [0.2, 0.25) is 10.0 Å². The van der Waals surface area contributed by atoms with Crippen molar-refractivity contribution in [3.63, 3.8) is 0 Å². The molecule has 6 nitrogen and oxygen atoms in total.